The van der Waals surface area contributed by atoms with Gasteiger partial charge in [0.1, 0.15) is 6.04 Å². The Morgan fingerprint density at radius 1 is 1.29 bits per heavy atom. The maximum Gasteiger partial charge on any atom is 0.323 e. The monoisotopic (exact) mass is 201 g/mol. The van der Waals surface area contributed by atoms with Crippen LogP contribution in [0.2, 0.25) is 0 Å². The maximum atomic E-state index is 11.5. The van der Waals surface area contributed by atoms with E-state index < -0.39 is 0 Å². The molecule has 0 heterocycles. The zero-order chi connectivity index (χ0) is 11.1. The number of nitrogens with one attached hydrogen (secondary N) is 1. The molecular weight excluding hydrogens is 178 g/mol. The Morgan fingerprint density at radius 3 is 2.21 bits per heavy atom. The Labute approximate surface area is 87.2 Å². The van der Waals surface area contributed by atoms with Crippen LogP contribution in [0.25, 0.3) is 0 Å². The van der Waals surface area contributed by atoms with Crippen LogP contribution in [-0.4, -0.2) is 24.7 Å². The van der Waals surface area contributed by atoms with E-state index in [1.54, 1.807) is 0 Å². The third kappa shape index (κ3) is 5.97. The molecule has 1 N–H and O–H groups in total. The molecule has 0 aromatic heterocycles. The third-order valence-corrected chi connectivity index (χ3v) is 1.81. The van der Waals surface area contributed by atoms with Gasteiger partial charge in [-0.2, -0.15) is 0 Å². The molecule has 0 fully saturated rings. The van der Waals surface area contributed by atoms with Crippen LogP contribution >= 0.6 is 0 Å². The molecule has 0 spiro atoms. The number of ether oxygens (including phenoxy) is 1. The average molecular weight is 201 g/mol. The highest BCUT2D eigenvalue weighted by Gasteiger charge is 2.21. The molecule has 0 aliphatic rings. The summed E-state index contributed by atoms with van der Waals surface area (Å²) in [6, 6.07) is 0.151. The molecule has 0 bridgehead atoms. The highest BCUT2D eigenvalue weighted by Crippen LogP contribution is 2.07. The summed E-state index contributed by atoms with van der Waals surface area (Å²) in [5.41, 5.74) is 0. The molecule has 1 unspecified atom stereocenters. The van der Waals surface area contributed by atoms with Crippen molar-refractivity contribution in [2.45, 2.75) is 53.1 Å². The maximum absolute atomic E-state index is 11.5. The van der Waals surface area contributed by atoms with E-state index in [9.17, 15) is 4.79 Å². The van der Waals surface area contributed by atoms with E-state index in [4.69, 9.17) is 4.74 Å². The highest BCUT2D eigenvalue weighted by molar-refractivity contribution is 5.75. The first-order chi connectivity index (χ1) is 6.47. The second-order valence-electron chi connectivity index (χ2n) is 4.26. The third-order valence-electron chi connectivity index (χ3n) is 1.81. The molecule has 84 valence electrons. The van der Waals surface area contributed by atoms with Crippen molar-refractivity contribution in [3.8, 4) is 0 Å². The highest BCUT2D eigenvalue weighted by atomic mass is 16.5. The van der Waals surface area contributed by atoms with E-state index in [1.165, 1.54) is 0 Å². The summed E-state index contributed by atoms with van der Waals surface area (Å²) in [4.78, 5) is 11.5. The molecule has 0 saturated heterocycles. The number of hydrogen-bond acceptors (Lipinski definition) is 3. The minimum absolute atomic E-state index is 0.130. The van der Waals surface area contributed by atoms with Gasteiger partial charge in [0, 0.05) is 6.04 Å². The first-order valence-corrected chi connectivity index (χ1v) is 5.40. The van der Waals surface area contributed by atoms with Crippen LogP contribution in [0, 0.1) is 5.92 Å². The minimum atomic E-state index is -0.157. The number of rotatable bonds is 6. The van der Waals surface area contributed by atoms with Crippen LogP contribution < -0.4 is 5.32 Å². The number of carbonyl (C=O) groups excluding carboxylic acids is 1. The zero-order valence-corrected chi connectivity index (χ0v) is 9.96. The van der Waals surface area contributed by atoms with Crippen LogP contribution in [0.3, 0.4) is 0 Å². The molecule has 0 radical (unpaired) electrons. The summed E-state index contributed by atoms with van der Waals surface area (Å²) in [7, 11) is 0. The Bertz CT molecular complexity index is 157. The molecule has 0 aliphatic carbocycles. The predicted octanol–water partition coefficient (Wildman–Crippen LogP) is 1.96. The van der Waals surface area contributed by atoms with Crippen LogP contribution in [0.5, 0.6) is 0 Å². The Morgan fingerprint density at radius 2 is 1.86 bits per heavy atom. The van der Waals surface area contributed by atoms with E-state index in [2.05, 4.69) is 19.2 Å². The van der Waals surface area contributed by atoms with Crippen LogP contribution in [0.4, 0.5) is 0 Å². The van der Waals surface area contributed by atoms with Crippen molar-refractivity contribution in [2.24, 2.45) is 5.92 Å². The summed E-state index contributed by atoms with van der Waals surface area (Å²) >= 11 is 0. The fourth-order valence-electron chi connectivity index (χ4n) is 1.35. The van der Waals surface area contributed by atoms with Crippen molar-refractivity contribution in [3.63, 3.8) is 0 Å². The average Bonchev–Trinajstić information content (AvgIpc) is 2.01. The molecule has 3 heteroatoms. The predicted molar refractivity (Wildman–Crippen MR) is 58.1 cm³/mol. The standard InChI is InChI=1S/C11H23NO2/c1-6-14-11(13)10(7-8(2)3)12-9(4)5/h8-10,12H,6-7H2,1-5H3. The molecule has 1 atom stereocenters. The van der Waals surface area contributed by atoms with Gasteiger partial charge < -0.3 is 10.1 Å². The van der Waals surface area contributed by atoms with Gasteiger partial charge in [0.25, 0.3) is 0 Å². The van der Waals surface area contributed by atoms with Gasteiger partial charge in [-0.15, -0.1) is 0 Å². The zero-order valence-electron chi connectivity index (χ0n) is 9.96. The van der Waals surface area contributed by atoms with Gasteiger partial charge in [-0.3, -0.25) is 4.79 Å². The molecule has 0 aromatic rings. The summed E-state index contributed by atoms with van der Waals surface area (Å²) in [6.07, 6.45) is 0.830. The Balaban J connectivity index is 4.15. The van der Waals surface area contributed by atoms with E-state index in [0.717, 1.165) is 6.42 Å². The molecule has 0 amide bonds. The minimum Gasteiger partial charge on any atom is -0.465 e. The lowest BCUT2D eigenvalue weighted by Gasteiger charge is -2.21. The van der Waals surface area contributed by atoms with E-state index in [-0.39, 0.29) is 12.0 Å². The first kappa shape index (κ1) is 13.4. The van der Waals surface area contributed by atoms with Crippen molar-refractivity contribution < 1.29 is 9.53 Å². The van der Waals surface area contributed by atoms with Crippen molar-refractivity contribution in [1.82, 2.24) is 5.32 Å². The van der Waals surface area contributed by atoms with Gasteiger partial charge in [-0.1, -0.05) is 27.7 Å². The molecule has 0 rings (SSSR count). The summed E-state index contributed by atoms with van der Waals surface area (Å²) in [5.74, 6) is 0.366. The second-order valence-corrected chi connectivity index (χ2v) is 4.26. The topological polar surface area (TPSA) is 38.3 Å². The largest absolute Gasteiger partial charge is 0.465 e. The van der Waals surface area contributed by atoms with E-state index >= 15 is 0 Å². The van der Waals surface area contributed by atoms with E-state index in [0.29, 0.717) is 18.6 Å². The van der Waals surface area contributed by atoms with E-state index in [1.807, 2.05) is 20.8 Å². The Kier molecular flexibility index (Phi) is 6.54. The number of carbonyl (C=O) groups is 1. The molecule has 0 saturated carbocycles. The lowest BCUT2D eigenvalue weighted by molar-refractivity contribution is -0.146. The van der Waals surface area contributed by atoms with Crippen molar-refractivity contribution in [3.05, 3.63) is 0 Å². The van der Waals surface area contributed by atoms with Gasteiger partial charge in [0.05, 0.1) is 6.61 Å². The summed E-state index contributed by atoms with van der Waals surface area (Å²) in [5, 5.41) is 3.22. The van der Waals surface area contributed by atoms with Gasteiger partial charge in [0.2, 0.25) is 0 Å². The second kappa shape index (κ2) is 6.82. The quantitative estimate of drug-likeness (QED) is 0.668. The molecule has 0 aliphatic heterocycles. The van der Waals surface area contributed by atoms with Crippen LogP contribution in [0.15, 0.2) is 0 Å². The molecular formula is C11H23NO2. The van der Waals surface area contributed by atoms with Gasteiger partial charge in [-0.05, 0) is 19.3 Å². The molecule has 0 aromatic carbocycles. The molecule has 3 nitrogen and oxygen atoms in total. The van der Waals surface area contributed by atoms with Crippen LogP contribution in [0.1, 0.15) is 41.0 Å². The number of hydrogen-bond donors (Lipinski definition) is 1. The lowest BCUT2D eigenvalue weighted by atomic mass is 10.0. The molecule has 14 heavy (non-hydrogen) atoms. The van der Waals surface area contributed by atoms with Crippen LogP contribution in [-0.2, 0) is 9.53 Å². The Hall–Kier alpha value is -0.570. The fourth-order valence-corrected chi connectivity index (χ4v) is 1.35. The van der Waals surface area contributed by atoms with Gasteiger partial charge in [-0.25, -0.2) is 0 Å². The lowest BCUT2D eigenvalue weighted by Crippen LogP contribution is -2.42. The summed E-state index contributed by atoms with van der Waals surface area (Å²) in [6.45, 7) is 10.6. The van der Waals surface area contributed by atoms with Crippen molar-refractivity contribution >= 4 is 5.97 Å². The normalized spacial score (nSPS) is 13.4. The summed E-state index contributed by atoms with van der Waals surface area (Å²) < 4.78 is 5.00. The number of esters is 1. The van der Waals surface area contributed by atoms with Crippen molar-refractivity contribution in [1.29, 1.82) is 0 Å². The van der Waals surface area contributed by atoms with Gasteiger partial charge in [0.15, 0.2) is 0 Å². The smallest absolute Gasteiger partial charge is 0.323 e. The SMILES string of the molecule is CCOC(=O)C(CC(C)C)NC(C)C. The van der Waals surface area contributed by atoms with Gasteiger partial charge >= 0.3 is 5.97 Å². The first-order valence-electron chi connectivity index (χ1n) is 5.40. The fraction of sp³-hybridized carbons (Fsp3) is 0.909. The van der Waals surface area contributed by atoms with Crippen molar-refractivity contribution in [2.75, 3.05) is 6.61 Å².